The summed E-state index contributed by atoms with van der Waals surface area (Å²) in [5.41, 5.74) is 2.82. The second-order valence-electron chi connectivity index (χ2n) is 6.02. The highest BCUT2D eigenvalue weighted by Crippen LogP contribution is 2.27. The fourth-order valence-corrected chi connectivity index (χ4v) is 2.91. The minimum Gasteiger partial charge on any atom is -0.481 e. The molecule has 0 spiro atoms. The van der Waals surface area contributed by atoms with E-state index in [1.54, 1.807) is 36.4 Å². The molecule has 0 radical (unpaired) electrons. The summed E-state index contributed by atoms with van der Waals surface area (Å²) in [5, 5.41) is 11.8. The molecule has 2 N–H and O–H groups in total. The van der Waals surface area contributed by atoms with Gasteiger partial charge in [-0.25, -0.2) is 4.90 Å². The Bertz CT molecular complexity index is 830. The fraction of sp³-hybridized carbons (Fsp3) is 0.211. The standard InChI is InChI=1S/C19H18N2O4/c1-12-4-2-3-5-16(12)21-17(22)11-15(19(21)25)20-14-8-6-13(7-9-14)10-18(23)24/h2-9,15,20H,10-11H2,1H3,(H,23,24)/t15-/m1/s1. The van der Waals surface area contributed by atoms with Gasteiger partial charge in [-0.15, -0.1) is 0 Å². The molecule has 25 heavy (non-hydrogen) atoms. The van der Waals surface area contributed by atoms with E-state index in [0.717, 1.165) is 5.56 Å². The highest BCUT2D eigenvalue weighted by atomic mass is 16.4. The van der Waals surface area contributed by atoms with Crippen molar-refractivity contribution in [3.8, 4) is 0 Å². The molecule has 2 amide bonds. The number of amides is 2. The average Bonchev–Trinajstić information content (AvgIpc) is 2.83. The first-order valence-corrected chi connectivity index (χ1v) is 7.95. The first-order chi connectivity index (χ1) is 12.0. The van der Waals surface area contributed by atoms with Gasteiger partial charge in [0.05, 0.1) is 18.5 Å². The van der Waals surface area contributed by atoms with Crippen molar-refractivity contribution in [2.24, 2.45) is 0 Å². The second kappa shape index (κ2) is 6.76. The number of imide groups is 1. The van der Waals surface area contributed by atoms with Crippen LogP contribution in [0, 0.1) is 6.92 Å². The summed E-state index contributed by atoms with van der Waals surface area (Å²) >= 11 is 0. The predicted octanol–water partition coefficient (Wildman–Crippen LogP) is 2.37. The number of hydrogen-bond acceptors (Lipinski definition) is 4. The van der Waals surface area contributed by atoms with Crippen LogP contribution in [0.5, 0.6) is 0 Å². The van der Waals surface area contributed by atoms with Crippen molar-refractivity contribution in [1.29, 1.82) is 0 Å². The maximum Gasteiger partial charge on any atom is 0.307 e. The maximum absolute atomic E-state index is 12.7. The minimum atomic E-state index is -0.897. The van der Waals surface area contributed by atoms with Crippen LogP contribution in [0.4, 0.5) is 11.4 Å². The second-order valence-corrected chi connectivity index (χ2v) is 6.02. The first-order valence-electron chi connectivity index (χ1n) is 7.95. The van der Waals surface area contributed by atoms with Gasteiger partial charge < -0.3 is 10.4 Å². The third-order valence-electron chi connectivity index (χ3n) is 4.15. The number of carboxylic acid groups (broad SMARTS) is 1. The molecule has 2 aromatic carbocycles. The molecule has 1 heterocycles. The largest absolute Gasteiger partial charge is 0.481 e. The van der Waals surface area contributed by atoms with Gasteiger partial charge in [-0.2, -0.15) is 0 Å². The number of para-hydroxylation sites is 1. The zero-order valence-corrected chi connectivity index (χ0v) is 13.7. The molecular formula is C19H18N2O4. The molecule has 0 saturated carbocycles. The van der Waals surface area contributed by atoms with Crippen LogP contribution < -0.4 is 10.2 Å². The van der Waals surface area contributed by atoms with Gasteiger partial charge in [0.15, 0.2) is 0 Å². The molecule has 3 rings (SSSR count). The summed E-state index contributed by atoms with van der Waals surface area (Å²) in [5.74, 6) is -1.42. The van der Waals surface area contributed by atoms with Gasteiger partial charge in [0.1, 0.15) is 6.04 Å². The van der Waals surface area contributed by atoms with Crippen molar-refractivity contribution in [3.63, 3.8) is 0 Å². The number of anilines is 2. The summed E-state index contributed by atoms with van der Waals surface area (Å²) in [6, 6.07) is 13.5. The molecule has 0 unspecified atom stereocenters. The molecule has 0 bridgehead atoms. The van der Waals surface area contributed by atoms with E-state index < -0.39 is 12.0 Å². The molecular weight excluding hydrogens is 320 g/mol. The van der Waals surface area contributed by atoms with E-state index in [4.69, 9.17) is 5.11 Å². The van der Waals surface area contributed by atoms with E-state index in [9.17, 15) is 14.4 Å². The van der Waals surface area contributed by atoms with E-state index >= 15 is 0 Å². The number of nitrogens with zero attached hydrogens (tertiary/aromatic N) is 1. The topological polar surface area (TPSA) is 86.7 Å². The Morgan fingerprint density at radius 3 is 2.48 bits per heavy atom. The first kappa shape index (κ1) is 16.7. The van der Waals surface area contributed by atoms with Crippen molar-refractivity contribution in [3.05, 3.63) is 59.7 Å². The number of aliphatic carboxylic acids is 1. The van der Waals surface area contributed by atoms with Crippen molar-refractivity contribution in [1.82, 2.24) is 0 Å². The predicted molar refractivity (Wildman–Crippen MR) is 93.5 cm³/mol. The maximum atomic E-state index is 12.7. The minimum absolute atomic E-state index is 0.0534. The summed E-state index contributed by atoms with van der Waals surface area (Å²) in [6.07, 6.45) is 0.0340. The molecule has 2 aromatic rings. The number of carbonyl (C=O) groups is 3. The lowest BCUT2D eigenvalue weighted by molar-refractivity contribution is -0.136. The number of rotatable bonds is 5. The van der Waals surface area contributed by atoms with Crippen LogP contribution in [0.15, 0.2) is 48.5 Å². The SMILES string of the molecule is Cc1ccccc1N1C(=O)C[C@@H](Nc2ccc(CC(=O)O)cc2)C1=O. The van der Waals surface area contributed by atoms with E-state index in [-0.39, 0.29) is 24.7 Å². The molecule has 1 atom stereocenters. The molecule has 128 valence electrons. The Labute approximate surface area is 145 Å². The molecule has 1 aliphatic rings. The van der Waals surface area contributed by atoms with Gasteiger partial charge >= 0.3 is 5.97 Å². The third-order valence-corrected chi connectivity index (χ3v) is 4.15. The average molecular weight is 338 g/mol. The van der Waals surface area contributed by atoms with Gasteiger partial charge in [0.25, 0.3) is 5.91 Å². The van der Waals surface area contributed by atoms with Crippen LogP contribution in [-0.2, 0) is 20.8 Å². The Morgan fingerprint density at radius 2 is 1.84 bits per heavy atom. The number of nitrogens with one attached hydrogen (secondary N) is 1. The van der Waals surface area contributed by atoms with Crippen LogP contribution in [0.3, 0.4) is 0 Å². The summed E-state index contributed by atoms with van der Waals surface area (Å²) in [6.45, 7) is 1.86. The van der Waals surface area contributed by atoms with Crippen LogP contribution in [0.2, 0.25) is 0 Å². The van der Waals surface area contributed by atoms with Crippen LogP contribution in [-0.4, -0.2) is 28.9 Å². The van der Waals surface area contributed by atoms with E-state index in [1.807, 2.05) is 19.1 Å². The molecule has 6 nitrogen and oxygen atoms in total. The Balaban J connectivity index is 1.74. The molecule has 1 saturated heterocycles. The number of hydrogen-bond donors (Lipinski definition) is 2. The molecule has 0 aliphatic carbocycles. The number of aryl methyl sites for hydroxylation is 1. The molecule has 1 fully saturated rings. The normalized spacial score (nSPS) is 17.0. The van der Waals surface area contributed by atoms with E-state index in [2.05, 4.69) is 5.32 Å². The molecule has 0 aromatic heterocycles. The van der Waals surface area contributed by atoms with Crippen molar-refractivity contribution < 1.29 is 19.5 Å². The summed E-state index contributed by atoms with van der Waals surface area (Å²) < 4.78 is 0. The van der Waals surface area contributed by atoms with Crippen LogP contribution in [0.25, 0.3) is 0 Å². The molecule has 1 aliphatic heterocycles. The Hall–Kier alpha value is -3.15. The number of carbonyl (C=O) groups excluding carboxylic acids is 2. The highest BCUT2D eigenvalue weighted by Gasteiger charge is 2.40. The number of carboxylic acids is 1. The third kappa shape index (κ3) is 3.52. The fourth-order valence-electron chi connectivity index (χ4n) is 2.91. The van der Waals surface area contributed by atoms with E-state index in [1.165, 1.54) is 4.90 Å². The summed E-state index contributed by atoms with van der Waals surface area (Å²) in [7, 11) is 0. The lowest BCUT2D eigenvalue weighted by Gasteiger charge is -2.18. The van der Waals surface area contributed by atoms with E-state index in [0.29, 0.717) is 16.9 Å². The zero-order valence-electron chi connectivity index (χ0n) is 13.7. The van der Waals surface area contributed by atoms with Gasteiger partial charge in [-0.3, -0.25) is 14.4 Å². The highest BCUT2D eigenvalue weighted by molar-refractivity contribution is 6.23. The monoisotopic (exact) mass is 338 g/mol. The zero-order chi connectivity index (χ0) is 18.0. The Morgan fingerprint density at radius 1 is 1.16 bits per heavy atom. The molecule has 6 heteroatoms. The smallest absolute Gasteiger partial charge is 0.307 e. The van der Waals surface area contributed by atoms with Crippen molar-refractivity contribution in [2.45, 2.75) is 25.8 Å². The summed E-state index contributed by atoms with van der Waals surface area (Å²) in [4.78, 5) is 36.9. The van der Waals surface area contributed by atoms with Crippen molar-refractivity contribution in [2.75, 3.05) is 10.2 Å². The quantitative estimate of drug-likeness (QED) is 0.817. The van der Waals surface area contributed by atoms with Crippen molar-refractivity contribution >= 4 is 29.2 Å². The Kier molecular flexibility index (Phi) is 4.52. The van der Waals surface area contributed by atoms with Crippen LogP contribution >= 0.6 is 0 Å². The van der Waals surface area contributed by atoms with Gasteiger partial charge in [-0.05, 0) is 36.2 Å². The number of benzene rings is 2. The van der Waals surface area contributed by atoms with Gasteiger partial charge in [0, 0.05) is 5.69 Å². The lowest BCUT2D eigenvalue weighted by atomic mass is 10.1. The van der Waals surface area contributed by atoms with Gasteiger partial charge in [-0.1, -0.05) is 30.3 Å². The lowest BCUT2D eigenvalue weighted by Crippen LogP contribution is -2.35. The van der Waals surface area contributed by atoms with Crippen LogP contribution in [0.1, 0.15) is 17.5 Å². The van der Waals surface area contributed by atoms with Gasteiger partial charge in [0.2, 0.25) is 5.91 Å².